The zero-order valence-electron chi connectivity index (χ0n) is 15.8. The van der Waals surface area contributed by atoms with Crippen molar-refractivity contribution in [1.82, 2.24) is 19.8 Å². The van der Waals surface area contributed by atoms with Crippen molar-refractivity contribution in [2.45, 2.75) is 12.8 Å². The van der Waals surface area contributed by atoms with Gasteiger partial charge in [0, 0.05) is 25.1 Å². The molecule has 1 aromatic carbocycles. The number of fused-ring (bicyclic) bond motifs is 1. The number of nitrogens with one attached hydrogen (secondary N) is 1. The van der Waals surface area contributed by atoms with Gasteiger partial charge >= 0.3 is 0 Å². The largest absolute Gasteiger partial charge is 0.497 e. The minimum Gasteiger partial charge on any atom is -0.497 e. The first-order valence-electron chi connectivity index (χ1n) is 9.13. The van der Waals surface area contributed by atoms with E-state index in [9.17, 15) is 4.79 Å². The number of anilines is 2. The Hall–Kier alpha value is -3.36. The minimum absolute atomic E-state index is 0.00494. The molecule has 0 saturated carbocycles. The van der Waals surface area contributed by atoms with Crippen molar-refractivity contribution in [1.29, 1.82) is 0 Å². The summed E-state index contributed by atoms with van der Waals surface area (Å²) in [6.45, 7) is 1.52. The first kappa shape index (κ1) is 18.0. The molecule has 3 heterocycles. The molecule has 146 valence electrons. The second-order valence-electron chi connectivity index (χ2n) is 6.64. The smallest absolute Gasteiger partial charge is 0.227 e. The van der Waals surface area contributed by atoms with Crippen LogP contribution in [0.25, 0.3) is 5.65 Å². The van der Waals surface area contributed by atoms with Crippen LogP contribution in [0, 0.1) is 5.92 Å². The number of amides is 1. The van der Waals surface area contributed by atoms with E-state index in [2.05, 4.69) is 25.5 Å². The van der Waals surface area contributed by atoms with Gasteiger partial charge in [-0.2, -0.15) is 4.52 Å². The molecule has 1 aliphatic rings. The number of carbonyl (C=O) groups is 1. The molecule has 2 aromatic heterocycles. The average Bonchev–Trinajstić information content (AvgIpc) is 3.22. The van der Waals surface area contributed by atoms with E-state index in [1.54, 1.807) is 43.3 Å². The zero-order chi connectivity index (χ0) is 19.5. The van der Waals surface area contributed by atoms with Gasteiger partial charge in [-0.3, -0.25) is 4.79 Å². The first-order chi connectivity index (χ1) is 13.7. The monoisotopic (exact) mass is 382 g/mol. The lowest BCUT2D eigenvalue weighted by Crippen LogP contribution is -2.38. The van der Waals surface area contributed by atoms with Crippen LogP contribution < -0.4 is 19.7 Å². The number of nitrogens with zero attached hydrogens (tertiary/aromatic N) is 5. The Balaban J connectivity index is 1.38. The van der Waals surface area contributed by atoms with Crippen LogP contribution in [0.15, 0.2) is 36.7 Å². The molecule has 1 saturated heterocycles. The standard InChI is InChI=1S/C19H22N6O3/c1-27-14-3-4-15(16(11-14)28-2)21-19(26)13-7-9-24(10-8-13)18-6-5-17-22-20-12-25(17)23-18/h3-6,11-13H,7-10H2,1-2H3,(H,21,26). The Labute approximate surface area is 162 Å². The van der Waals surface area contributed by atoms with Crippen molar-refractivity contribution in [3.05, 3.63) is 36.7 Å². The van der Waals surface area contributed by atoms with Crippen LogP contribution in [0.1, 0.15) is 12.8 Å². The maximum absolute atomic E-state index is 12.7. The van der Waals surface area contributed by atoms with E-state index in [0.717, 1.165) is 31.7 Å². The van der Waals surface area contributed by atoms with Crippen LogP contribution in [-0.4, -0.2) is 53.0 Å². The lowest BCUT2D eigenvalue weighted by atomic mass is 9.95. The van der Waals surface area contributed by atoms with Crippen LogP contribution >= 0.6 is 0 Å². The molecule has 0 unspecified atom stereocenters. The molecule has 1 amide bonds. The Morgan fingerprint density at radius 3 is 2.71 bits per heavy atom. The Bertz CT molecular complexity index is 981. The molecule has 1 N–H and O–H groups in total. The molecule has 9 nitrogen and oxygen atoms in total. The molecule has 1 aliphatic heterocycles. The summed E-state index contributed by atoms with van der Waals surface area (Å²) < 4.78 is 12.2. The van der Waals surface area contributed by atoms with Gasteiger partial charge in [0.25, 0.3) is 0 Å². The van der Waals surface area contributed by atoms with E-state index in [1.807, 2.05) is 12.1 Å². The van der Waals surface area contributed by atoms with E-state index < -0.39 is 0 Å². The molecule has 28 heavy (non-hydrogen) atoms. The molecule has 4 rings (SSSR count). The van der Waals surface area contributed by atoms with E-state index >= 15 is 0 Å². The third kappa shape index (κ3) is 3.55. The molecule has 9 heteroatoms. The van der Waals surface area contributed by atoms with Gasteiger partial charge in [-0.05, 0) is 37.1 Å². The van der Waals surface area contributed by atoms with E-state index in [0.29, 0.717) is 22.8 Å². The Kier molecular flexibility index (Phi) is 4.96. The second-order valence-corrected chi connectivity index (χ2v) is 6.64. The lowest BCUT2D eigenvalue weighted by molar-refractivity contribution is -0.120. The normalized spacial score (nSPS) is 14.9. The molecule has 0 radical (unpaired) electrons. The predicted octanol–water partition coefficient (Wildman–Crippen LogP) is 2.00. The molecule has 1 fully saturated rings. The van der Waals surface area contributed by atoms with Crippen LogP contribution in [-0.2, 0) is 4.79 Å². The topological polar surface area (TPSA) is 93.9 Å². The van der Waals surface area contributed by atoms with Crippen LogP contribution in [0.3, 0.4) is 0 Å². The van der Waals surface area contributed by atoms with Gasteiger partial charge in [-0.25, -0.2) is 0 Å². The first-order valence-corrected chi connectivity index (χ1v) is 9.13. The van der Waals surface area contributed by atoms with Crippen LogP contribution in [0.5, 0.6) is 11.5 Å². The molecular formula is C19H22N6O3. The quantitative estimate of drug-likeness (QED) is 0.721. The molecule has 0 atom stereocenters. The number of benzene rings is 1. The summed E-state index contributed by atoms with van der Waals surface area (Å²) in [5, 5.41) is 15.3. The Morgan fingerprint density at radius 1 is 1.14 bits per heavy atom. The SMILES string of the molecule is COc1ccc(NC(=O)C2CCN(c3ccc4nncn4n3)CC2)c(OC)c1. The van der Waals surface area contributed by atoms with Crippen molar-refractivity contribution in [2.75, 3.05) is 37.5 Å². The van der Waals surface area contributed by atoms with Crippen molar-refractivity contribution in [3.8, 4) is 11.5 Å². The number of ether oxygens (including phenoxy) is 2. The molecule has 0 bridgehead atoms. The van der Waals surface area contributed by atoms with Crippen molar-refractivity contribution in [2.24, 2.45) is 5.92 Å². The number of carbonyl (C=O) groups excluding carboxylic acids is 1. The predicted molar refractivity (Wildman–Crippen MR) is 104 cm³/mol. The third-order valence-electron chi connectivity index (χ3n) is 5.00. The van der Waals surface area contributed by atoms with Crippen molar-refractivity contribution < 1.29 is 14.3 Å². The highest BCUT2D eigenvalue weighted by Crippen LogP contribution is 2.30. The lowest BCUT2D eigenvalue weighted by Gasteiger charge is -2.32. The highest BCUT2D eigenvalue weighted by atomic mass is 16.5. The number of hydrogen-bond acceptors (Lipinski definition) is 7. The summed E-state index contributed by atoms with van der Waals surface area (Å²) >= 11 is 0. The summed E-state index contributed by atoms with van der Waals surface area (Å²) in [5.74, 6) is 2.08. The van der Waals surface area contributed by atoms with Crippen molar-refractivity contribution in [3.63, 3.8) is 0 Å². The number of rotatable bonds is 5. The van der Waals surface area contributed by atoms with Gasteiger partial charge in [0.15, 0.2) is 5.65 Å². The minimum atomic E-state index is -0.0540. The number of hydrogen-bond donors (Lipinski definition) is 1. The highest BCUT2D eigenvalue weighted by molar-refractivity contribution is 5.94. The zero-order valence-corrected chi connectivity index (χ0v) is 15.8. The van der Waals surface area contributed by atoms with E-state index in [1.165, 1.54) is 0 Å². The number of aromatic nitrogens is 4. The van der Waals surface area contributed by atoms with Crippen molar-refractivity contribution >= 4 is 23.1 Å². The summed E-state index contributed by atoms with van der Waals surface area (Å²) in [7, 11) is 3.17. The average molecular weight is 382 g/mol. The fourth-order valence-electron chi connectivity index (χ4n) is 3.39. The van der Waals surface area contributed by atoms with Gasteiger partial charge in [0.2, 0.25) is 5.91 Å². The van der Waals surface area contributed by atoms with Gasteiger partial charge in [0.05, 0.1) is 19.9 Å². The summed E-state index contributed by atoms with van der Waals surface area (Å²) in [6.07, 6.45) is 3.10. The third-order valence-corrected chi connectivity index (χ3v) is 5.00. The second kappa shape index (κ2) is 7.71. The fourth-order valence-corrected chi connectivity index (χ4v) is 3.39. The molecule has 0 spiro atoms. The summed E-state index contributed by atoms with van der Waals surface area (Å²) in [4.78, 5) is 14.9. The van der Waals surface area contributed by atoms with Gasteiger partial charge in [0.1, 0.15) is 23.6 Å². The molecule has 0 aliphatic carbocycles. The number of piperidine rings is 1. The summed E-state index contributed by atoms with van der Waals surface area (Å²) in [6, 6.07) is 9.18. The number of methoxy groups -OCH3 is 2. The summed E-state index contributed by atoms with van der Waals surface area (Å²) in [5.41, 5.74) is 1.36. The Morgan fingerprint density at radius 2 is 1.96 bits per heavy atom. The van der Waals surface area contributed by atoms with Gasteiger partial charge in [-0.1, -0.05) is 0 Å². The van der Waals surface area contributed by atoms with Gasteiger partial charge < -0.3 is 19.7 Å². The highest BCUT2D eigenvalue weighted by Gasteiger charge is 2.26. The van der Waals surface area contributed by atoms with E-state index in [-0.39, 0.29) is 11.8 Å². The van der Waals surface area contributed by atoms with Crippen LogP contribution in [0.4, 0.5) is 11.5 Å². The van der Waals surface area contributed by atoms with E-state index in [4.69, 9.17) is 9.47 Å². The van der Waals surface area contributed by atoms with Gasteiger partial charge in [-0.15, -0.1) is 15.3 Å². The maximum Gasteiger partial charge on any atom is 0.227 e. The van der Waals surface area contributed by atoms with Crippen LogP contribution in [0.2, 0.25) is 0 Å². The fraction of sp³-hybridized carbons (Fsp3) is 0.368. The molecular weight excluding hydrogens is 360 g/mol. The maximum atomic E-state index is 12.7. The molecule has 3 aromatic rings.